The van der Waals surface area contributed by atoms with Crippen LogP contribution in [0.5, 0.6) is 0 Å². The van der Waals surface area contributed by atoms with Crippen LogP contribution < -0.4 is 58.2 Å². The molecule has 32 valence electrons. The zero-order valence-corrected chi connectivity index (χ0v) is 10.8. The van der Waals surface area contributed by atoms with Gasteiger partial charge in [0, 0.05) is 0 Å². The summed E-state index contributed by atoms with van der Waals surface area (Å²) in [7, 11) is 1.37. The molecule has 3 heteroatoms. The third-order valence-corrected chi connectivity index (χ3v) is 1.22. The molecule has 0 saturated heterocycles. The summed E-state index contributed by atoms with van der Waals surface area (Å²) in [6.07, 6.45) is 0. The zero-order valence-electron chi connectivity index (χ0n) is 4.91. The second kappa shape index (κ2) is 6.98. The van der Waals surface area contributed by atoms with E-state index >= 15 is 0 Å². The molecule has 0 spiro atoms. The molecule has 0 atom stereocenters. The molecule has 0 N–H and O–H groups in total. The molecule has 0 aromatic rings. The summed E-state index contributed by atoms with van der Waals surface area (Å²) in [4.78, 5) is 0. The predicted octanol–water partition coefficient (Wildman–Crippen LogP) is -2.11. The van der Waals surface area contributed by atoms with Gasteiger partial charge in [-0.15, -0.1) is 9.04 Å². The molecular weight excluding hydrogens is 166 g/mol. The molecule has 0 saturated carbocycles. The summed E-state index contributed by atoms with van der Waals surface area (Å²) in [5.41, 5.74) is 0. The average Bonchev–Trinajstić information content (AvgIpc) is 1.38. The average molecular weight is 175 g/mol. The maximum absolute atomic E-state index is 4.85. The van der Waals surface area contributed by atoms with Crippen molar-refractivity contribution in [1.29, 1.82) is 0 Å². The van der Waals surface area contributed by atoms with Crippen molar-refractivity contribution in [2.75, 3.05) is 7.11 Å². The van der Waals surface area contributed by atoms with Gasteiger partial charge in [-0.25, -0.2) is 0 Å². The molecule has 0 bridgehead atoms. The Bertz CT molecular complexity index is 24.8. The van der Waals surface area contributed by atoms with Crippen molar-refractivity contribution in [3.63, 3.8) is 0 Å². The van der Waals surface area contributed by atoms with Gasteiger partial charge in [0.25, 0.3) is 0 Å². The monoisotopic (exact) mass is 174 g/mol. The predicted molar refractivity (Wildman–Crippen MR) is 24.5 cm³/mol. The van der Waals surface area contributed by atoms with Crippen LogP contribution in [0, 0.1) is 0 Å². The van der Waals surface area contributed by atoms with Gasteiger partial charge in [-0.3, -0.25) is 0 Å². The molecule has 0 aromatic heterocycles. The fraction of sp³-hybridized carbons (Fsp3) is 1.00. The second-order valence-corrected chi connectivity index (χ2v) is 3.34. The molecule has 0 aromatic carbocycles. The Morgan fingerprint density at radius 1 is 1.33 bits per heavy atom. The smallest absolute Gasteiger partial charge is 0.591 e. The Kier molecular flexibility index (Phi) is 12.7. The molecule has 6 heavy (non-hydrogen) atoms. The van der Waals surface area contributed by atoms with E-state index in [9.17, 15) is 0 Å². The molecule has 0 unspecified atom stereocenters. The van der Waals surface area contributed by atoms with E-state index in [1.165, 1.54) is 0 Å². The minimum atomic E-state index is -0.374. The van der Waals surface area contributed by atoms with E-state index in [1.54, 1.807) is 7.11 Å². The van der Waals surface area contributed by atoms with Gasteiger partial charge in [0.05, 0.1) is 0 Å². The fourth-order valence-electron chi connectivity index (χ4n) is 0. The van der Waals surface area contributed by atoms with Gasteiger partial charge in [-0.1, -0.05) is 0 Å². The third-order valence-electron chi connectivity index (χ3n) is 0.408. The molecule has 0 aliphatic rings. The first-order valence-corrected chi connectivity index (χ1v) is 4.02. The van der Waals surface area contributed by atoms with E-state index in [0.717, 1.165) is 0 Å². The van der Waals surface area contributed by atoms with Gasteiger partial charge in [0.2, 0.25) is 0 Å². The maximum Gasteiger partial charge on any atom is 1.00 e. The van der Waals surface area contributed by atoms with Crippen LogP contribution in [-0.2, 0) is 4.43 Å². The molecule has 0 rings (SSSR count). The van der Waals surface area contributed by atoms with E-state index in [4.69, 9.17) is 4.43 Å². The summed E-state index contributed by atoms with van der Waals surface area (Å²) >= 11 is 0. The van der Waals surface area contributed by atoms with Crippen LogP contribution in [0.1, 0.15) is 0 Å². The van der Waals surface area contributed by atoms with Crippen LogP contribution in [0.2, 0.25) is 13.1 Å². The van der Waals surface area contributed by atoms with Gasteiger partial charge < -0.3 is 4.43 Å². The number of hydrogen-bond acceptors (Lipinski definition) is 1. The van der Waals surface area contributed by atoms with Crippen LogP contribution in [0.3, 0.4) is 0 Å². The first-order chi connectivity index (χ1) is 2.27. The molecular formula is C3H9ORbSi. The molecule has 0 heterocycles. The quantitative estimate of drug-likeness (QED) is 0.414. The maximum atomic E-state index is 4.85. The number of rotatable bonds is 1. The summed E-state index contributed by atoms with van der Waals surface area (Å²) in [5, 5.41) is 0. The standard InChI is InChI=1S/C3H9OSi.Rb/c1-4-5(2)3;/h1-3H3;/q-1;+1. The minimum absolute atomic E-state index is 0. The Morgan fingerprint density at radius 3 is 1.50 bits per heavy atom. The molecule has 0 radical (unpaired) electrons. The van der Waals surface area contributed by atoms with Crippen LogP contribution >= 0.6 is 0 Å². The van der Waals surface area contributed by atoms with Crippen LogP contribution in [0.4, 0.5) is 0 Å². The summed E-state index contributed by atoms with van der Waals surface area (Å²) < 4.78 is 4.85. The van der Waals surface area contributed by atoms with E-state index in [0.29, 0.717) is 0 Å². The SMILES string of the molecule is CO[Si-](C)C.[Rb+]. The summed E-state index contributed by atoms with van der Waals surface area (Å²) in [6.45, 7) is 4.20. The van der Waals surface area contributed by atoms with Gasteiger partial charge in [-0.2, -0.15) is 13.1 Å². The Hall–Kier alpha value is 1.98. The Labute approximate surface area is 90.0 Å². The number of hydrogen-bond donors (Lipinski definition) is 0. The summed E-state index contributed by atoms with van der Waals surface area (Å²) in [6, 6.07) is 0. The van der Waals surface area contributed by atoms with Crippen molar-refractivity contribution >= 4 is 9.04 Å². The van der Waals surface area contributed by atoms with Crippen LogP contribution in [0.15, 0.2) is 0 Å². The second-order valence-electron chi connectivity index (χ2n) is 1.11. The Morgan fingerprint density at radius 2 is 1.50 bits per heavy atom. The van der Waals surface area contributed by atoms with Crippen molar-refractivity contribution in [3.8, 4) is 0 Å². The van der Waals surface area contributed by atoms with Gasteiger partial charge >= 0.3 is 58.2 Å². The first kappa shape index (κ1) is 10.9. The summed E-state index contributed by atoms with van der Waals surface area (Å²) in [5.74, 6) is 0. The first-order valence-electron chi connectivity index (χ1n) is 1.61. The van der Waals surface area contributed by atoms with Crippen molar-refractivity contribution < 1.29 is 62.6 Å². The normalized spacial score (nSPS) is 8.00. The van der Waals surface area contributed by atoms with Crippen molar-refractivity contribution in [2.24, 2.45) is 0 Å². The molecule has 1 nitrogen and oxygen atoms in total. The topological polar surface area (TPSA) is 9.23 Å². The van der Waals surface area contributed by atoms with Crippen molar-refractivity contribution in [1.82, 2.24) is 0 Å². The fourth-order valence-corrected chi connectivity index (χ4v) is 0. The van der Waals surface area contributed by atoms with E-state index in [2.05, 4.69) is 13.1 Å². The zero-order chi connectivity index (χ0) is 4.28. The van der Waals surface area contributed by atoms with E-state index in [1.807, 2.05) is 0 Å². The van der Waals surface area contributed by atoms with Gasteiger partial charge in [-0.05, 0) is 7.11 Å². The molecule has 0 aliphatic heterocycles. The van der Waals surface area contributed by atoms with Gasteiger partial charge in [0.15, 0.2) is 0 Å². The molecule has 0 fully saturated rings. The third kappa shape index (κ3) is 9.36. The van der Waals surface area contributed by atoms with E-state index in [-0.39, 0.29) is 67.2 Å². The largest absolute Gasteiger partial charge is 1.00 e. The molecule has 0 amide bonds. The van der Waals surface area contributed by atoms with Crippen LogP contribution in [-0.4, -0.2) is 16.2 Å². The minimum Gasteiger partial charge on any atom is -0.591 e. The van der Waals surface area contributed by atoms with Crippen molar-refractivity contribution in [2.45, 2.75) is 13.1 Å². The van der Waals surface area contributed by atoms with Crippen molar-refractivity contribution in [3.05, 3.63) is 0 Å². The molecule has 0 aliphatic carbocycles. The van der Waals surface area contributed by atoms with Gasteiger partial charge in [0.1, 0.15) is 0 Å². The Balaban J connectivity index is 0. The van der Waals surface area contributed by atoms with Crippen LogP contribution in [0.25, 0.3) is 0 Å². The van der Waals surface area contributed by atoms with E-state index < -0.39 is 0 Å².